The number of nitrogens with two attached hydrogens (primary N) is 1. The first kappa shape index (κ1) is 39.6. The van der Waals surface area contributed by atoms with Crippen LogP contribution in [0, 0.1) is 58.2 Å². The van der Waals surface area contributed by atoms with Crippen LogP contribution < -0.4 is 21.7 Å². The van der Waals surface area contributed by atoms with Crippen LogP contribution in [-0.2, 0) is 19.1 Å². The average molecular weight is 675 g/mol. The van der Waals surface area contributed by atoms with Crippen LogP contribution >= 0.6 is 0 Å². The molecule has 4 rings (SSSR count). The minimum Gasteiger partial charge on any atom is -0.465 e. The number of hydrogen-bond donors (Lipinski definition) is 4. The monoisotopic (exact) mass is 675 g/mol. The van der Waals surface area contributed by atoms with E-state index in [0.29, 0.717) is 53.6 Å². The van der Waals surface area contributed by atoms with Crippen LogP contribution in [0.1, 0.15) is 126 Å². The number of ether oxygens (including phenoxy) is 2. The minimum absolute atomic E-state index is 0.0132. The van der Waals surface area contributed by atoms with Gasteiger partial charge in [-0.25, -0.2) is 0 Å². The van der Waals surface area contributed by atoms with E-state index in [0.717, 1.165) is 58.5 Å². The molecular weight excluding hydrogens is 600 g/mol. The van der Waals surface area contributed by atoms with E-state index in [1.807, 2.05) is 27.7 Å². The summed E-state index contributed by atoms with van der Waals surface area (Å²) in [5.74, 6) is 2.74. The number of carbonyl (C=O) groups is 2. The summed E-state index contributed by atoms with van der Waals surface area (Å²) in [4.78, 5) is 25.5. The van der Waals surface area contributed by atoms with Gasteiger partial charge in [0.15, 0.2) is 0 Å². The summed E-state index contributed by atoms with van der Waals surface area (Å²) < 4.78 is 12.3. The summed E-state index contributed by atoms with van der Waals surface area (Å²) in [6.07, 6.45) is 14.2. The molecule has 5 N–H and O–H groups in total. The Morgan fingerprint density at radius 2 is 1.38 bits per heavy atom. The third-order valence-electron chi connectivity index (χ3n) is 13.6. The quantitative estimate of drug-likeness (QED) is 0.0931. The standard InChI is InChI=1S/C40H74N4O4/c1-27(2)37(45)47-26-29(5)32-12-13-33-36-34(15-17-40(32,33)7)39(6)16-14-31(24-30(39)25-35(36)48-38(46)28(3)4)44-23-11-22-43-20-9-8-19-42-21-10-18-41/h27-36,42-44H,8-26,41H2,1-7H3/t29-,30?,31+,32-,33?,34?,35?,36?,39+,40-/m1/s1. The summed E-state index contributed by atoms with van der Waals surface area (Å²) >= 11 is 0. The molecule has 0 aromatic carbocycles. The summed E-state index contributed by atoms with van der Waals surface area (Å²) in [7, 11) is 0. The van der Waals surface area contributed by atoms with E-state index in [1.54, 1.807) is 0 Å². The Hall–Kier alpha value is -1.22. The zero-order chi connectivity index (χ0) is 34.9. The number of hydrogen-bond acceptors (Lipinski definition) is 8. The lowest BCUT2D eigenvalue weighted by Crippen LogP contribution is -2.60. The molecule has 10 atom stereocenters. The van der Waals surface area contributed by atoms with Crippen LogP contribution in [0.2, 0.25) is 0 Å². The van der Waals surface area contributed by atoms with Gasteiger partial charge in [-0.2, -0.15) is 0 Å². The Morgan fingerprint density at radius 3 is 2.04 bits per heavy atom. The maximum Gasteiger partial charge on any atom is 0.308 e. The molecule has 8 heteroatoms. The number of fused-ring (bicyclic) bond motifs is 5. The molecule has 48 heavy (non-hydrogen) atoms. The van der Waals surface area contributed by atoms with Crippen molar-refractivity contribution in [1.82, 2.24) is 16.0 Å². The van der Waals surface area contributed by atoms with Crippen molar-refractivity contribution < 1.29 is 19.1 Å². The van der Waals surface area contributed by atoms with Gasteiger partial charge < -0.3 is 31.2 Å². The molecule has 4 aliphatic rings. The highest BCUT2D eigenvalue weighted by atomic mass is 16.5. The van der Waals surface area contributed by atoms with Gasteiger partial charge in [0, 0.05) is 12.0 Å². The fourth-order valence-corrected chi connectivity index (χ4v) is 10.8. The van der Waals surface area contributed by atoms with Crippen molar-refractivity contribution in [3.05, 3.63) is 0 Å². The predicted octanol–water partition coefficient (Wildman–Crippen LogP) is 6.31. The van der Waals surface area contributed by atoms with E-state index in [4.69, 9.17) is 15.2 Å². The Morgan fingerprint density at radius 1 is 0.750 bits per heavy atom. The zero-order valence-electron chi connectivity index (χ0n) is 31.9. The second-order valence-corrected chi connectivity index (χ2v) is 17.5. The van der Waals surface area contributed by atoms with Crippen molar-refractivity contribution in [3.63, 3.8) is 0 Å². The molecule has 0 aromatic heterocycles. The van der Waals surface area contributed by atoms with Crippen LogP contribution in [0.25, 0.3) is 0 Å². The smallest absolute Gasteiger partial charge is 0.308 e. The highest BCUT2D eigenvalue weighted by Crippen LogP contribution is 2.68. The Kier molecular flexibility index (Phi) is 15.1. The van der Waals surface area contributed by atoms with Gasteiger partial charge in [-0.1, -0.05) is 48.5 Å². The SMILES string of the molecule is CC(C)C(=O)OC[C@@H](C)[C@H]1CCC2C3C(OC(=O)C(C)C)CC4C[C@@H](NCCCNCCCCNCCCN)CC[C@]4(C)C3CC[C@@]21C. The summed E-state index contributed by atoms with van der Waals surface area (Å²) in [6.45, 7) is 21.8. The third-order valence-corrected chi connectivity index (χ3v) is 13.6. The number of carbonyl (C=O) groups excluding carboxylic acids is 2. The first-order valence-corrected chi connectivity index (χ1v) is 20.1. The van der Waals surface area contributed by atoms with Crippen molar-refractivity contribution in [3.8, 4) is 0 Å². The maximum atomic E-state index is 13.2. The molecule has 0 aliphatic heterocycles. The van der Waals surface area contributed by atoms with E-state index in [9.17, 15) is 9.59 Å². The van der Waals surface area contributed by atoms with E-state index >= 15 is 0 Å². The molecule has 5 unspecified atom stereocenters. The van der Waals surface area contributed by atoms with Gasteiger partial charge in [0.2, 0.25) is 0 Å². The normalized spacial score (nSPS) is 35.2. The van der Waals surface area contributed by atoms with Crippen molar-refractivity contribution in [2.45, 2.75) is 138 Å². The largest absolute Gasteiger partial charge is 0.465 e. The van der Waals surface area contributed by atoms with E-state index < -0.39 is 0 Å². The predicted molar refractivity (Wildman–Crippen MR) is 195 cm³/mol. The Balaban J connectivity index is 1.33. The lowest BCUT2D eigenvalue weighted by Gasteiger charge is -2.63. The minimum atomic E-state index is -0.105. The molecule has 4 aliphatic carbocycles. The van der Waals surface area contributed by atoms with E-state index in [2.05, 4.69) is 36.7 Å². The van der Waals surface area contributed by atoms with Crippen molar-refractivity contribution in [2.24, 2.45) is 63.9 Å². The first-order chi connectivity index (χ1) is 22.9. The molecular formula is C40H74N4O4. The maximum absolute atomic E-state index is 13.2. The average Bonchev–Trinajstić information content (AvgIpc) is 3.41. The van der Waals surface area contributed by atoms with Crippen molar-refractivity contribution >= 4 is 11.9 Å². The van der Waals surface area contributed by atoms with Crippen LogP contribution in [-0.4, -0.2) is 70.0 Å². The van der Waals surface area contributed by atoms with Crippen molar-refractivity contribution in [1.29, 1.82) is 0 Å². The van der Waals surface area contributed by atoms with E-state index in [1.165, 1.54) is 57.8 Å². The number of rotatable bonds is 19. The number of unbranched alkanes of at least 4 members (excludes halogenated alkanes) is 1. The molecule has 0 heterocycles. The van der Waals surface area contributed by atoms with Gasteiger partial charge in [-0.15, -0.1) is 0 Å². The van der Waals surface area contributed by atoms with E-state index in [-0.39, 0.29) is 35.3 Å². The Labute approximate surface area is 293 Å². The summed E-state index contributed by atoms with van der Waals surface area (Å²) in [6, 6.07) is 0.555. The molecule has 4 fully saturated rings. The van der Waals surface area contributed by atoms with Gasteiger partial charge >= 0.3 is 11.9 Å². The third kappa shape index (κ3) is 9.55. The molecule has 0 aromatic rings. The molecule has 8 nitrogen and oxygen atoms in total. The summed E-state index contributed by atoms with van der Waals surface area (Å²) in [5, 5.41) is 11.0. The molecule has 0 bridgehead atoms. The van der Waals surface area contributed by atoms with Crippen LogP contribution in [0.15, 0.2) is 0 Å². The second-order valence-electron chi connectivity index (χ2n) is 17.5. The lowest BCUT2D eigenvalue weighted by atomic mass is 9.43. The fourth-order valence-electron chi connectivity index (χ4n) is 10.8. The molecule has 4 saturated carbocycles. The van der Waals surface area contributed by atoms with Gasteiger partial charge in [0.05, 0.1) is 18.4 Å². The molecule has 0 amide bonds. The van der Waals surface area contributed by atoms with Gasteiger partial charge in [-0.3, -0.25) is 9.59 Å². The van der Waals surface area contributed by atoms with Gasteiger partial charge in [-0.05, 0) is 157 Å². The molecule has 278 valence electrons. The van der Waals surface area contributed by atoms with Crippen molar-refractivity contribution in [2.75, 3.05) is 45.9 Å². The van der Waals surface area contributed by atoms with Crippen LogP contribution in [0.5, 0.6) is 0 Å². The zero-order valence-corrected chi connectivity index (χ0v) is 31.9. The number of nitrogens with one attached hydrogen (secondary N) is 3. The summed E-state index contributed by atoms with van der Waals surface area (Å²) in [5.41, 5.74) is 6.06. The molecule has 0 radical (unpaired) electrons. The van der Waals surface area contributed by atoms with Crippen LogP contribution in [0.4, 0.5) is 0 Å². The van der Waals surface area contributed by atoms with Crippen LogP contribution in [0.3, 0.4) is 0 Å². The fraction of sp³-hybridized carbons (Fsp3) is 0.950. The highest BCUT2D eigenvalue weighted by molar-refractivity contribution is 5.72. The first-order valence-electron chi connectivity index (χ1n) is 20.1. The molecule has 0 spiro atoms. The molecule has 0 saturated heterocycles. The Bertz CT molecular complexity index is 1010. The van der Waals surface area contributed by atoms with Gasteiger partial charge in [0.25, 0.3) is 0 Å². The van der Waals surface area contributed by atoms with Gasteiger partial charge in [0.1, 0.15) is 6.10 Å². The number of esters is 2. The lowest BCUT2D eigenvalue weighted by molar-refractivity contribution is -0.194. The topological polar surface area (TPSA) is 115 Å². The highest BCUT2D eigenvalue weighted by Gasteiger charge is 2.64. The second kappa shape index (κ2) is 18.3.